The van der Waals surface area contributed by atoms with Gasteiger partial charge in [0.25, 0.3) is 17.7 Å². The summed E-state index contributed by atoms with van der Waals surface area (Å²) in [6.45, 7) is 3.68. The maximum atomic E-state index is 13.0. The molecule has 1 aromatic carbocycles. The molecule has 1 saturated heterocycles. The number of carbonyl (C=O) groups is 4. The Morgan fingerprint density at radius 2 is 2.06 bits per heavy atom. The minimum absolute atomic E-state index is 0.0768. The standard InChI is InChI=1S/C22H23N5O5S/c1-3-33-17-7-6-15(25-26-17)18(29)23-11-12-4-5-13-14(10-12)20(31)27(19(13)30)22(2)9-8-16(28)24-21(22)32/h4-7,10,20,31H,3,8-9,11H2,1-2H3,(H,23,29)(H,24,28,32)/t20?,22-/m0/s1. The largest absolute Gasteiger partial charge is 0.369 e. The number of fused-ring (bicyclic) bond motifs is 1. The molecule has 3 heterocycles. The van der Waals surface area contributed by atoms with Gasteiger partial charge in [-0.15, -0.1) is 22.0 Å². The molecule has 1 fully saturated rings. The molecule has 0 spiro atoms. The molecule has 172 valence electrons. The minimum Gasteiger partial charge on any atom is -0.369 e. The van der Waals surface area contributed by atoms with Crippen LogP contribution in [0.15, 0.2) is 35.4 Å². The zero-order valence-corrected chi connectivity index (χ0v) is 18.9. The summed E-state index contributed by atoms with van der Waals surface area (Å²) < 4.78 is 0. The predicted molar refractivity (Wildman–Crippen MR) is 118 cm³/mol. The van der Waals surface area contributed by atoms with Gasteiger partial charge >= 0.3 is 0 Å². The van der Waals surface area contributed by atoms with E-state index in [2.05, 4.69) is 20.8 Å². The van der Waals surface area contributed by atoms with Gasteiger partial charge < -0.3 is 10.4 Å². The SMILES string of the molecule is CCSc1ccc(C(=O)NCc2ccc3c(c2)C(O)N([C@@]2(C)CCC(=O)NC2=O)C3=O)nn1. The first-order chi connectivity index (χ1) is 15.7. The summed E-state index contributed by atoms with van der Waals surface area (Å²) in [5.74, 6) is -1.05. The summed E-state index contributed by atoms with van der Waals surface area (Å²) in [4.78, 5) is 50.5. The summed E-state index contributed by atoms with van der Waals surface area (Å²) >= 11 is 1.53. The third kappa shape index (κ3) is 4.21. The number of nitrogens with one attached hydrogen (secondary N) is 2. The molecule has 1 unspecified atom stereocenters. The smallest absolute Gasteiger partial charge is 0.272 e. The maximum Gasteiger partial charge on any atom is 0.272 e. The normalized spacial score (nSPS) is 22.2. The highest BCUT2D eigenvalue weighted by Gasteiger charge is 2.52. The van der Waals surface area contributed by atoms with Crippen LogP contribution in [0.4, 0.5) is 0 Å². The van der Waals surface area contributed by atoms with Crippen LogP contribution in [0, 0.1) is 0 Å². The van der Waals surface area contributed by atoms with Gasteiger partial charge in [0.1, 0.15) is 10.6 Å². The molecular weight excluding hydrogens is 446 g/mol. The van der Waals surface area contributed by atoms with Crippen molar-refractivity contribution < 1.29 is 24.3 Å². The van der Waals surface area contributed by atoms with Crippen LogP contribution < -0.4 is 10.6 Å². The molecule has 0 saturated carbocycles. The van der Waals surface area contributed by atoms with E-state index in [1.165, 1.54) is 18.7 Å². The Morgan fingerprint density at radius 1 is 1.27 bits per heavy atom. The number of aliphatic hydroxyl groups is 1. The minimum atomic E-state index is -1.35. The molecule has 0 aliphatic carbocycles. The summed E-state index contributed by atoms with van der Waals surface area (Å²) in [6.07, 6.45) is -1.15. The molecule has 4 rings (SSSR count). The van der Waals surface area contributed by atoms with Crippen molar-refractivity contribution in [2.45, 2.75) is 50.0 Å². The molecule has 11 heteroatoms. The number of aliphatic hydroxyl groups excluding tert-OH is 1. The van der Waals surface area contributed by atoms with E-state index < -0.39 is 35.4 Å². The van der Waals surface area contributed by atoms with Crippen LogP contribution in [-0.4, -0.2) is 55.1 Å². The van der Waals surface area contributed by atoms with E-state index in [0.29, 0.717) is 11.1 Å². The number of hydrogen-bond donors (Lipinski definition) is 3. The summed E-state index contributed by atoms with van der Waals surface area (Å²) in [6, 6.07) is 8.20. The molecule has 10 nitrogen and oxygen atoms in total. The van der Waals surface area contributed by atoms with Crippen molar-refractivity contribution in [3.8, 4) is 0 Å². The first-order valence-corrected chi connectivity index (χ1v) is 11.5. The van der Waals surface area contributed by atoms with Crippen LogP contribution in [0.5, 0.6) is 0 Å². The van der Waals surface area contributed by atoms with E-state index >= 15 is 0 Å². The van der Waals surface area contributed by atoms with Crippen LogP contribution in [0.25, 0.3) is 0 Å². The molecule has 2 aromatic rings. The van der Waals surface area contributed by atoms with E-state index in [0.717, 1.165) is 15.7 Å². The van der Waals surface area contributed by atoms with Gasteiger partial charge in [-0.2, -0.15) is 0 Å². The first-order valence-electron chi connectivity index (χ1n) is 10.5. The van der Waals surface area contributed by atoms with Crippen molar-refractivity contribution in [1.82, 2.24) is 25.7 Å². The van der Waals surface area contributed by atoms with Crippen molar-refractivity contribution in [3.63, 3.8) is 0 Å². The molecule has 2 aliphatic heterocycles. The fourth-order valence-corrected chi connectivity index (χ4v) is 4.53. The number of thioether (sulfide) groups is 1. The highest BCUT2D eigenvalue weighted by atomic mass is 32.2. The lowest BCUT2D eigenvalue weighted by molar-refractivity contribution is -0.147. The number of piperidine rings is 1. The van der Waals surface area contributed by atoms with E-state index in [1.54, 1.807) is 30.3 Å². The van der Waals surface area contributed by atoms with E-state index in [4.69, 9.17) is 0 Å². The van der Waals surface area contributed by atoms with Crippen molar-refractivity contribution >= 4 is 35.4 Å². The Balaban J connectivity index is 1.47. The third-order valence-electron chi connectivity index (χ3n) is 5.82. The highest BCUT2D eigenvalue weighted by Crippen LogP contribution is 2.40. The van der Waals surface area contributed by atoms with Crippen molar-refractivity contribution in [2.75, 3.05) is 5.75 Å². The topological polar surface area (TPSA) is 142 Å². The second-order valence-corrected chi connectivity index (χ2v) is 9.28. The van der Waals surface area contributed by atoms with Crippen molar-refractivity contribution in [2.24, 2.45) is 0 Å². The quantitative estimate of drug-likeness (QED) is 0.423. The van der Waals surface area contributed by atoms with Crippen LogP contribution in [0.3, 0.4) is 0 Å². The van der Waals surface area contributed by atoms with Crippen LogP contribution in [0.1, 0.15) is 64.9 Å². The first kappa shape index (κ1) is 22.9. The Labute approximate surface area is 194 Å². The molecule has 1 aromatic heterocycles. The van der Waals surface area contributed by atoms with E-state index in [9.17, 15) is 24.3 Å². The van der Waals surface area contributed by atoms with Crippen molar-refractivity contribution in [1.29, 1.82) is 0 Å². The molecular formula is C22H23N5O5S. The Kier molecular flexibility index (Phi) is 6.17. The fourth-order valence-electron chi connectivity index (χ4n) is 3.97. The van der Waals surface area contributed by atoms with Gasteiger partial charge in [0.05, 0.1) is 0 Å². The molecule has 4 amide bonds. The van der Waals surface area contributed by atoms with Gasteiger partial charge in [-0.1, -0.05) is 13.0 Å². The molecule has 2 aliphatic rings. The van der Waals surface area contributed by atoms with Gasteiger partial charge in [-0.3, -0.25) is 29.4 Å². The summed E-state index contributed by atoms with van der Waals surface area (Å²) in [5, 5.41) is 24.6. The molecule has 33 heavy (non-hydrogen) atoms. The maximum absolute atomic E-state index is 13.0. The molecule has 0 bridgehead atoms. The van der Waals surface area contributed by atoms with Gasteiger partial charge in [-0.05, 0) is 48.9 Å². The number of carbonyl (C=O) groups excluding carboxylic acids is 4. The number of amides is 4. The van der Waals surface area contributed by atoms with Gasteiger partial charge in [0, 0.05) is 24.1 Å². The second kappa shape index (κ2) is 8.91. The number of rotatable bonds is 6. The fraction of sp³-hybridized carbons (Fsp3) is 0.364. The van der Waals surface area contributed by atoms with Crippen molar-refractivity contribution in [3.05, 3.63) is 52.7 Å². The predicted octanol–water partition coefficient (Wildman–Crippen LogP) is 1.16. The van der Waals surface area contributed by atoms with Crippen LogP contribution >= 0.6 is 11.8 Å². The molecule has 2 atom stereocenters. The van der Waals surface area contributed by atoms with Gasteiger partial charge in [-0.25, -0.2) is 0 Å². The van der Waals surface area contributed by atoms with Gasteiger partial charge in [0.2, 0.25) is 5.91 Å². The molecule has 0 radical (unpaired) electrons. The van der Waals surface area contributed by atoms with Crippen LogP contribution in [0.2, 0.25) is 0 Å². The lowest BCUT2D eigenvalue weighted by atomic mass is 9.89. The summed E-state index contributed by atoms with van der Waals surface area (Å²) in [5.41, 5.74) is 0.120. The molecule has 3 N–H and O–H groups in total. The number of hydrogen-bond acceptors (Lipinski definition) is 8. The summed E-state index contributed by atoms with van der Waals surface area (Å²) in [7, 11) is 0. The average molecular weight is 470 g/mol. The zero-order valence-electron chi connectivity index (χ0n) is 18.1. The number of nitrogens with zero attached hydrogens (tertiary/aromatic N) is 3. The Hall–Kier alpha value is -3.31. The monoisotopic (exact) mass is 469 g/mol. The second-order valence-electron chi connectivity index (χ2n) is 7.99. The lowest BCUT2D eigenvalue weighted by Gasteiger charge is -2.41. The van der Waals surface area contributed by atoms with Crippen LogP contribution in [-0.2, 0) is 16.1 Å². The van der Waals surface area contributed by atoms with E-state index in [-0.39, 0.29) is 30.6 Å². The Bertz CT molecular complexity index is 1140. The highest BCUT2D eigenvalue weighted by molar-refractivity contribution is 7.99. The van der Waals surface area contributed by atoms with Gasteiger partial charge in [0.15, 0.2) is 11.9 Å². The Morgan fingerprint density at radius 3 is 2.73 bits per heavy atom. The third-order valence-corrected chi connectivity index (χ3v) is 6.62. The number of benzene rings is 1. The average Bonchev–Trinajstić information content (AvgIpc) is 3.05. The number of aromatic nitrogens is 2. The van der Waals surface area contributed by atoms with E-state index in [1.807, 2.05) is 6.92 Å². The number of imide groups is 1. The zero-order chi connectivity index (χ0) is 23.8. The lowest BCUT2D eigenvalue weighted by Crippen LogP contribution is -2.62.